The van der Waals surface area contributed by atoms with Crippen LogP contribution in [0.25, 0.3) is 0 Å². The molecule has 0 bridgehead atoms. The fourth-order valence-electron chi connectivity index (χ4n) is 2.52. The van der Waals surface area contributed by atoms with Crippen LogP contribution in [0.5, 0.6) is 0 Å². The first kappa shape index (κ1) is 11.8. The molecule has 6 heteroatoms. The minimum Gasteiger partial charge on any atom is -0.217 e. The number of hydrogen-bond donors (Lipinski definition) is 1. The van der Waals surface area contributed by atoms with Crippen molar-refractivity contribution in [3.63, 3.8) is 0 Å². The second-order valence-corrected chi connectivity index (χ2v) is 6.55. The van der Waals surface area contributed by atoms with Crippen molar-refractivity contribution in [1.82, 2.24) is 20.2 Å². The van der Waals surface area contributed by atoms with E-state index in [4.69, 9.17) is 0 Å². The lowest BCUT2D eigenvalue weighted by molar-refractivity contribution is 0.402. The van der Waals surface area contributed by atoms with Crippen LogP contribution >= 0.6 is 24.4 Å². The third kappa shape index (κ3) is 2.47. The Hall–Kier alpha value is -0.230. The standard InChI is InChI=1S/C11H18N4S2/c16-7-11(5-1-2-6-11)8-17-10-12-13-14-15(10)9-3-4-9/h9,16H,1-8H2. The van der Waals surface area contributed by atoms with Crippen LogP contribution in [0.15, 0.2) is 5.16 Å². The molecule has 1 aromatic heterocycles. The Morgan fingerprint density at radius 1 is 1.35 bits per heavy atom. The molecule has 0 radical (unpaired) electrons. The van der Waals surface area contributed by atoms with Crippen LogP contribution in [-0.2, 0) is 0 Å². The van der Waals surface area contributed by atoms with Gasteiger partial charge >= 0.3 is 0 Å². The number of hydrogen-bond acceptors (Lipinski definition) is 5. The maximum absolute atomic E-state index is 4.54. The summed E-state index contributed by atoms with van der Waals surface area (Å²) in [6.07, 6.45) is 7.80. The lowest BCUT2D eigenvalue weighted by atomic mass is 9.91. The van der Waals surface area contributed by atoms with Crippen molar-refractivity contribution in [3.05, 3.63) is 0 Å². The monoisotopic (exact) mass is 270 g/mol. The van der Waals surface area contributed by atoms with Crippen LogP contribution in [0.4, 0.5) is 0 Å². The Bertz CT molecular complexity index is 383. The Morgan fingerprint density at radius 2 is 2.12 bits per heavy atom. The first-order valence-electron chi connectivity index (χ1n) is 6.35. The van der Waals surface area contributed by atoms with Crippen LogP contribution in [0.2, 0.25) is 0 Å². The summed E-state index contributed by atoms with van der Waals surface area (Å²) in [5.74, 6) is 2.11. The fourth-order valence-corrected chi connectivity index (χ4v) is 4.34. The Morgan fingerprint density at radius 3 is 2.76 bits per heavy atom. The van der Waals surface area contributed by atoms with Gasteiger partial charge in [0, 0.05) is 5.75 Å². The van der Waals surface area contributed by atoms with Crippen molar-refractivity contribution in [2.45, 2.75) is 49.7 Å². The van der Waals surface area contributed by atoms with Crippen molar-refractivity contribution in [2.24, 2.45) is 5.41 Å². The summed E-state index contributed by atoms with van der Waals surface area (Å²) in [4.78, 5) is 0. The number of tetrazole rings is 1. The molecular formula is C11H18N4S2. The second-order valence-electron chi connectivity index (χ2n) is 5.29. The normalized spacial score (nSPS) is 23.1. The van der Waals surface area contributed by atoms with Gasteiger partial charge in [0.25, 0.3) is 0 Å². The van der Waals surface area contributed by atoms with Gasteiger partial charge in [-0.1, -0.05) is 24.6 Å². The maximum atomic E-state index is 4.54. The molecular weight excluding hydrogens is 252 g/mol. The third-order valence-electron chi connectivity index (χ3n) is 3.86. The minimum absolute atomic E-state index is 0.425. The highest BCUT2D eigenvalue weighted by atomic mass is 32.2. The second kappa shape index (κ2) is 4.80. The number of rotatable bonds is 5. The van der Waals surface area contributed by atoms with Gasteiger partial charge in [0.1, 0.15) is 0 Å². The van der Waals surface area contributed by atoms with Crippen molar-refractivity contribution >= 4 is 24.4 Å². The zero-order chi connectivity index (χ0) is 11.7. The molecule has 0 aliphatic heterocycles. The molecule has 1 aromatic rings. The van der Waals surface area contributed by atoms with Gasteiger partial charge in [-0.25, -0.2) is 4.68 Å². The highest BCUT2D eigenvalue weighted by Gasteiger charge is 2.34. The zero-order valence-corrected chi connectivity index (χ0v) is 11.6. The summed E-state index contributed by atoms with van der Waals surface area (Å²) >= 11 is 6.36. The molecule has 0 unspecified atom stereocenters. The van der Waals surface area contributed by atoms with Gasteiger partial charge < -0.3 is 0 Å². The van der Waals surface area contributed by atoms with Gasteiger partial charge in [-0.05, 0) is 47.3 Å². The van der Waals surface area contributed by atoms with Crippen LogP contribution in [0.1, 0.15) is 44.6 Å². The van der Waals surface area contributed by atoms with E-state index < -0.39 is 0 Å². The van der Waals surface area contributed by atoms with Gasteiger partial charge in [-0.15, -0.1) is 5.10 Å². The topological polar surface area (TPSA) is 43.6 Å². The van der Waals surface area contributed by atoms with Crippen LogP contribution < -0.4 is 0 Å². The quantitative estimate of drug-likeness (QED) is 0.660. The van der Waals surface area contributed by atoms with E-state index in [1.54, 1.807) is 0 Å². The Kier molecular flexibility index (Phi) is 3.34. The molecule has 94 valence electrons. The van der Waals surface area contributed by atoms with Crippen LogP contribution in [0.3, 0.4) is 0 Å². The first-order chi connectivity index (χ1) is 8.33. The fraction of sp³-hybridized carbons (Fsp3) is 0.909. The number of thioether (sulfide) groups is 1. The Labute approximate surface area is 111 Å². The van der Waals surface area contributed by atoms with Crippen LogP contribution in [0, 0.1) is 5.41 Å². The zero-order valence-electron chi connectivity index (χ0n) is 9.88. The SMILES string of the molecule is SCC1(CSc2nnnn2C2CC2)CCCC1. The summed E-state index contributed by atoms with van der Waals surface area (Å²) in [6, 6.07) is 0.572. The van der Waals surface area contributed by atoms with E-state index in [2.05, 4.69) is 28.2 Å². The van der Waals surface area contributed by atoms with E-state index in [1.807, 2.05) is 16.4 Å². The summed E-state index contributed by atoms with van der Waals surface area (Å²) in [5.41, 5.74) is 0.425. The van der Waals surface area contributed by atoms with E-state index in [0.29, 0.717) is 11.5 Å². The largest absolute Gasteiger partial charge is 0.217 e. The average Bonchev–Trinajstić information content (AvgIpc) is 2.93. The molecule has 2 saturated carbocycles. The first-order valence-corrected chi connectivity index (χ1v) is 7.96. The van der Waals surface area contributed by atoms with Gasteiger partial charge in [-0.3, -0.25) is 0 Å². The highest BCUT2D eigenvalue weighted by molar-refractivity contribution is 7.99. The number of thiol groups is 1. The smallest absolute Gasteiger partial charge is 0.209 e. The van der Waals surface area contributed by atoms with Crippen molar-refractivity contribution in [2.75, 3.05) is 11.5 Å². The highest BCUT2D eigenvalue weighted by Crippen LogP contribution is 2.43. The maximum Gasteiger partial charge on any atom is 0.209 e. The molecule has 0 atom stereocenters. The van der Waals surface area contributed by atoms with E-state index in [-0.39, 0.29) is 0 Å². The lowest BCUT2D eigenvalue weighted by Gasteiger charge is -2.25. The van der Waals surface area contributed by atoms with Crippen molar-refractivity contribution in [3.8, 4) is 0 Å². The molecule has 1 heterocycles. The van der Waals surface area contributed by atoms with E-state index in [1.165, 1.54) is 38.5 Å². The molecule has 0 aromatic carbocycles. The summed E-state index contributed by atoms with van der Waals surface area (Å²) in [5, 5.41) is 13.0. The van der Waals surface area contributed by atoms with Crippen LogP contribution in [-0.4, -0.2) is 31.7 Å². The summed E-state index contributed by atoms with van der Waals surface area (Å²) in [6.45, 7) is 0. The molecule has 17 heavy (non-hydrogen) atoms. The van der Waals surface area contributed by atoms with E-state index in [9.17, 15) is 0 Å². The van der Waals surface area contributed by atoms with E-state index in [0.717, 1.165) is 16.7 Å². The predicted octanol–water partition coefficient (Wildman–Crippen LogP) is 2.59. The molecule has 0 spiro atoms. The molecule has 0 amide bonds. The molecule has 3 rings (SSSR count). The minimum atomic E-state index is 0.425. The molecule has 0 N–H and O–H groups in total. The van der Waals surface area contributed by atoms with Gasteiger partial charge in [0.2, 0.25) is 5.16 Å². The lowest BCUT2D eigenvalue weighted by Crippen LogP contribution is -2.22. The molecule has 2 aliphatic carbocycles. The third-order valence-corrected chi connectivity index (χ3v) is 5.82. The van der Waals surface area contributed by atoms with Gasteiger partial charge in [0.05, 0.1) is 6.04 Å². The van der Waals surface area contributed by atoms with E-state index >= 15 is 0 Å². The molecule has 0 saturated heterocycles. The van der Waals surface area contributed by atoms with Gasteiger partial charge in [0.15, 0.2) is 0 Å². The van der Waals surface area contributed by atoms with Crippen molar-refractivity contribution < 1.29 is 0 Å². The average molecular weight is 270 g/mol. The molecule has 2 aliphatic rings. The predicted molar refractivity (Wildman–Crippen MR) is 71.6 cm³/mol. The summed E-state index contributed by atoms with van der Waals surface area (Å²) in [7, 11) is 0. The molecule has 4 nitrogen and oxygen atoms in total. The molecule has 2 fully saturated rings. The van der Waals surface area contributed by atoms with Gasteiger partial charge in [-0.2, -0.15) is 12.6 Å². The van der Waals surface area contributed by atoms with Crippen molar-refractivity contribution in [1.29, 1.82) is 0 Å². The number of nitrogens with zero attached hydrogens (tertiary/aromatic N) is 4. The number of aromatic nitrogens is 4. The Balaban J connectivity index is 1.64. The summed E-state index contributed by atoms with van der Waals surface area (Å²) < 4.78 is 2.01.